The summed E-state index contributed by atoms with van der Waals surface area (Å²) in [6.45, 7) is 0. The molecule has 6 heteroatoms. The number of thiazole rings is 1. The van der Waals surface area contributed by atoms with Gasteiger partial charge >= 0.3 is 6.09 Å². The molecule has 2 rings (SSSR count). The van der Waals surface area contributed by atoms with Crippen LogP contribution in [0.2, 0.25) is 5.02 Å². The molecule has 3 nitrogen and oxygen atoms in total. The zero-order valence-corrected chi connectivity index (χ0v) is 10.1. The molecule has 0 bridgehead atoms. The van der Waals surface area contributed by atoms with Gasteiger partial charge < -0.3 is 4.74 Å². The van der Waals surface area contributed by atoms with E-state index in [9.17, 15) is 4.79 Å². The number of rotatable bonds is 0. The van der Waals surface area contributed by atoms with Gasteiger partial charge in [0.1, 0.15) is 0 Å². The molecule has 1 aromatic carbocycles. The predicted molar refractivity (Wildman–Crippen MR) is 63.5 cm³/mol. The Balaban J connectivity index is 2.80. The van der Waals surface area contributed by atoms with Crippen molar-refractivity contribution in [2.75, 3.05) is 7.11 Å². The maximum atomic E-state index is 11.4. The summed E-state index contributed by atoms with van der Waals surface area (Å²) in [7, 11) is 1.32. The number of hydrogen-bond acceptors (Lipinski definition) is 4. The van der Waals surface area contributed by atoms with Crippen LogP contribution in [0.4, 0.5) is 4.79 Å². The van der Waals surface area contributed by atoms with Gasteiger partial charge in [0.15, 0.2) is 3.95 Å². The fraction of sp³-hybridized carbons (Fsp3) is 0.111. The number of carbonyl (C=O) groups excluding carboxylic acids is 1. The van der Waals surface area contributed by atoms with Crippen LogP contribution in [0.5, 0.6) is 0 Å². The van der Waals surface area contributed by atoms with Crippen LogP contribution in [0, 0.1) is 3.95 Å². The van der Waals surface area contributed by atoms with Gasteiger partial charge in [-0.25, -0.2) is 9.36 Å². The molecule has 0 radical (unpaired) electrons. The number of fused-ring (bicyclic) bond motifs is 1. The quantitative estimate of drug-likeness (QED) is 0.676. The van der Waals surface area contributed by atoms with Crippen LogP contribution in [-0.4, -0.2) is 17.8 Å². The first-order valence-electron chi connectivity index (χ1n) is 4.03. The van der Waals surface area contributed by atoms with Crippen molar-refractivity contribution in [1.29, 1.82) is 0 Å². The predicted octanol–water partition coefficient (Wildman–Crippen LogP) is 3.70. The second kappa shape index (κ2) is 3.92. The van der Waals surface area contributed by atoms with Crippen LogP contribution in [0.15, 0.2) is 18.2 Å². The van der Waals surface area contributed by atoms with E-state index in [0.717, 1.165) is 10.2 Å². The Bertz CT molecular complexity index is 587. The van der Waals surface area contributed by atoms with Gasteiger partial charge in [-0.15, -0.1) is 11.3 Å². The minimum absolute atomic E-state index is 0.458. The van der Waals surface area contributed by atoms with Crippen molar-refractivity contribution in [3.63, 3.8) is 0 Å². The molecule has 78 valence electrons. The molecule has 0 N–H and O–H groups in total. The number of aromatic nitrogens is 1. The second-order valence-electron chi connectivity index (χ2n) is 2.79. The summed E-state index contributed by atoms with van der Waals surface area (Å²) in [5, 5.41) is 0.621. The third-order valence-corrected chi connectivity index (χ3v) is 3.47. The summed E-state index contributed by atoms with van der Waals surface area (Å²) >= 11 is 12.2. The first kappa shape index (κ1) is 10.6. The highest BCUT2D eigenvalue weighted by Gasteiger charge is 2.12. The number of methoxy groups -OCH3 is 1. The van der Waals surface area contributed by atoms with Crippen molar-refractivity contribution in [3.8, 4) is 0 Å². The van der Waals surface area contributed by atoms with Gasteiger partial charge in [-0.3, -0.25) is 0 Å². The lowest BCUT2D eigenvalue weighted by Crippen LogP contribution is -2.10. The summed E-state index contributed by atoms with van der Waals surface area (Å²) in [6, 6.07) is 5.24. The Morgan fingerprint density at radius 3 is 3.00 bits per heavy atom. The third-order valence-electron chi connectivity index (χ3n) is 1.90. The van der Waals surface area contributed by atoms with E-state index in [1.807, 2.05) is 0 Å². The molecule has 0 unspecified atom stereocenters. The van der Waals surface area contributed by atoms with E-state index in [2.05, 4.69) is 4.74 Å². The molecule has 0 aliphatic carbocycles. The van der Waals surface area contributed by atoms with Gasteiger partial charge in [0.25, 0.3) is 0 Å². The Morgan fingerprint density at radius 2 is 2.33 bits per heavy atom. The van der Waals surface area contributed by atoms with Gasteiger partial charge in [0, 0.05) is 5.02 Å². The minimum Gasteiger partial charge on any atom is -0.452 e. The Labute approximate surface area is 99.9 Å². The molecule has 0 aliphatic heterocycles. The van der Waals surface area contributed by atoms with Gasteiger partial charge in [0.2, 0.25) is 0 Å². The second-order valence-corrected chi connectivity index (χ2v) is 4.90. The lowest BCUT2D eigenvalue weighted by Gasteiger charge is -2.00. The number of carbonyl (C=O) groups is 1. The Hall–Kier alpha value is -0.910. The number of nitrogens with zero attached hydrogens (tertiary/aromatic N) is 1. The molecule has 15 heavy (non-hydrogen) atoms. The van der Waals surface area contributed by atoms with Crippen LogP contribution in [0.3, 0.4) is 0 Å². The Morgan fingerprint density at radius 1 is 1.60 bits per heavy atom. The third kappa shape index (κ3) is 1.78. The van der Waals surface area contributed by atoms with Crippen LogP contribution in [0.1, 0.15) is 0 Å². The molecule has 0 spiro atoms. The van der Waals surface area contributed by atoms with Crippen molar-refractivity contribution in [2.24, 2.45) is 0 Å². The molecule has 2 aromatic rings. The molecule has 0 amide bonds. The largest absolute Gasteiger partial charge is 0.452 e. The topological polar surface area (TPSA) is 31.2 Å². The lowest BCUT2D eigenvalue weighted by molar-refractivity contribution is 0.174. The smallest absolute Gasteiger partial charge is 0.420 e. The van der Waals surface area contributed by atoms with Crippen LogP contribution in [-0.2, 0) is 4.74 Å². The number of hydrogen-bond donors (Lipinski definition) is 0. The van der Waals surface area contributed by atoms with Crippen molar-refractivity contribution < 1.29 is 9.53 Å². The zero-order chi connectivity index (χ0) is 11.0. The maximum Gasteiger partial charge on any atom is 0.420 e. The normalized spacial score (nSPS) is 10.5. The van der Waals surface area contributed by atoms with Gasteiger partial charge in [0.05, 0.1) is 17.3 Å². The number of benzene rings is 1. The van der Waals surface area contributed by atoms with E-state index < -0.39 is 6.09 Å². The summed E-state index contributed by atoms with van der Waals surface area (Å²) < 4.78 is 7.33. The van der Waals surface area contributed by atoms with Gasteiger partial charge in [-0.05, 0) is 30.4 Å². The van der Waals surface area contributed by atoms with Crippen molar-refractivity contribution >= 4 is 51.5 Å². The molecular formula is C9H6ClNO2S2. The molecule has 0 fully saturated rings. The van der Waals surface area contributed by atoms with E-state index in [4.69, 9.17) is 23.8 Å². The van der Waals surface area contributed by atoms with E-state index in [1.165, 1.54) is 23.0 Å². The van der Waals surface area contributed by atoms with E-state index in [-0.39, 0.29) is 0 Å². The average molecular weight is 260 g/mol. The first-order valence-corrected chi connectivity index (χ1v) is 5.63. The molecule has 0 saturated heterocycles. The Kier molecular flexibility index (Phi) is 2.77. The summed E-state index contributed by atoms with van der Waals surface area (Å²) in [4.78, 5) is 11.4. The molecule has 1 aromatic heterocycles. The molecular weight excluding hydrogens is 254 g/mol. The van der Waals surface area contributed by atoms with Gasteiger partial charge in [-0.2, -0.15) is 0 Å². The first-order chi connectivity index (χ1) is 7.13. The standard InChI is InChI=1S/C9H6ClNO2S2/c1-13-8(12)11-6-3-2-5(10)4-7(6)15-9(11)14/h2-4H,1H3. The highest BCUT2D eigenvalue weighted by molar-refractivity contribution is 7.73. The van der Waals surface area contributed by atoms with Gasteiger partial charge in [-0.1, -0.05) is 11.6 Å². The molecule has 1 heterocycles. The molecule has 0 aliphatic rings. The monoisotopic (exact) mass is 259 g/mol. The SMILES string of the molecule is COC(=O)n1c(=S)sc2cc(Cl)ccc21. The fourth-order valence-corrected chi connectivity index (χ4v) is 2.84. The van der Waals surface area contributed by atoms with Crippen LogP contribution in [0.25, 0.3) is 10.2 Å². The number of halogens is 1. The highest BCUT2D eigenvalue weighted by atomic mass is 35.5. The summed E-state index contributed by atoms with van der Waals surface area (Å²) in [5.41, 5.74) is 0.723. The average Bonchev–Trinajstić information content (AvgIpc) is 2.52. The zero-order valence-electron chi connectivity index (χ0n) is 7.69. The summed E-state index contributed by atoms with van der Waals surface area (Å²) in [6.07, 6.45) is -0.478. The number of ether oxygens (including phenoxy) is 1. The van der Waals surface area contributed by atoms with E-state index >= 15 is 0 Å². The molecule has 0 saturated carbocycles. The molecule has 0 atom stereocenters. The maximum absolute atomic E-state index is 11.4. The van der Waals surface area contributed by atoms with Crippen molar-refractivity contribution in [1.82, 2.24) is 4.57 Å². The van der Waals surface area contributed by atoms with Crippen molar-refractivity contribution in [3.05, 3.63) is 27.2 Å². The minimum atomic E-state index is -0.478. The van der Waals surface area contributed by atoms with E-state index in [0.29, 0.717) is 8.98 Å². The van der Waals surface area contributed by atoms with Crippen LogP contribution < -0.4 is 0 Å². The highest BCUT2D eigenvalue weighted by Crippen LogP contribution is 2.26. The summed E-state index contributed by atoms with van der Waals surface area (Å²) in [5.74, 6) is 0. The van der Waals surface area contributed by atoms with Crippen molar-refractivity contribution in [2.45, 2.75) is 0 Å². The lowest BCUT2D eigenvalue weighted by atomic mass is 10.3. The fourth-order valence-electron chi connectivity index (χ4n) is 1.26. The van der Waals surface area contributed by atoms with E-state index in [1.54, 1.807) is 18.2 Å². The van der Waals surface area contributed by atoms with Crippen LogP contribution >= 0.6 is 35.2 Å².